The second kappa shape index (κ2) is 15.7. The van der Waals surface area contributed by atoms with Gasteiger partial charge in [0.2, 0.25) is 11.8 Å². The molecule has 0 spiro atoms. The van der Waals surface area contributed by atoms with E-state index >= 15 is 0 Å². The average molecular weight is 691 g/mol. The standard InChI is InChI=1S/C37H47ClN6O5/c1-25-21-26(7-8-32(25)38)22-30(36(48)43-17-11-28(12-18-43)27-9-15-41(16-10-27)24-34(46)47)23-33(45)42-19-13-31(14-20-42)44-37(49)39-35(40-44)29-5-3-2-4-6-29/h2-8,21,27-28,30-31H,9-20,22-24H2,1H3,(H,46,47)(H,39,40,49). The van der Waals surface area contributed by atoms with Crippen molar-refractivity contribution in [3.05, 3.63) is 75.2 Å². The van der Waals surface area contributed by atoms with Crippen LogP contribution in [-0.2, 0) is 20.8 Å². The Balaban J connectivity index is 1.06. The number of carbonyl (C=O) groups is 3. The van der Waals surface area contributed by atoms with Gasteiger partial charge in [-0.15, -0.1) is 5.10 Å². The molecule has 0 aliphatic carbocycles. The van der Waals surface area contributed by atoms with Gasteiger partial charge in [-0.25, -0.2) is 9.48 Å². The lowest BCUT2D eigenvalue weighted by atomic mass is 9.78. The third kappa shape index (κ3) is 8.62. The molecule has 3 aromatic rings. The van der Waals surface area contributed by atoms with Crippen LogP contribution < -0.4 is 5.69 Å². The van der Waals surface area contributed by atoms with Crippen molar-refractivity contribution < 1.29 is 19.5 Å². The van der Waals surface area contributed by atoms with Crippen molar-refractivity contribution in [3.63, 3.8) is 0 Å². The van der Waals surface area contributed by atoms with Crippen LogP contribution >= 0.6 is 11.6 Å². The summed E-state index contributed by atoms with van der Waals surface area (Å²) in [6.07, 6.45) is 5.69. The maximum atomic E-state index is 14.1. The van der Waals surface area contributed by atoms with E-state index in [9.17, 15) is 19.2 Å². The summed E-state index contributed by atoms with van der Waals surface area (Å²) in [7, 11) is 0. The highest BCUT2D eigenvalue weighted by molar-refractivity contribution is 6.31. The van der Waals surface area contributed by atoms with Crippen molar-refractivity contribution in [2.75, 3.05) is 45.8 Å². The van der Waals surface area contributed by atoms with Gasteiger partial charge < -0.3 is 14.9 Å². The van der Waals surface area contributed by atoms with E-state index in [-0.39, 0.29) is 36.5 Å². The fourth-order valence-electron chi connectivity index (χ4n) is 8.00. The maximum Gasteiger partial charge on any atom is 0.343 e. The zero-order chi connectivity index (χ0) is 34.5. The van der Waals surface area contributed by atoms with Crippen molar-refractivity contribution in [2.45, 2.75) is 64.3 Å². The number of piperidine rings is 3. The third-order valence-electron chi connectivity index (χ3n) is 10.8. The van der Waals surface area contributed by atoms with Crippen molar-refractivity contribution in [2.24, 2.45) is 17.8 Å². The Labute approximate surface area is 292 Å². The highest BCUT2D eigenvalue weighted by Gasteiger charge is 2.35. The fourth-order valence-corrected chi connectivity index (χ4v) is 8.12. The first-order valence-corrected chi connectivity index (χ1v) is 18.0. The molecular weight excluding hydrogens is 644 g/mol. The van der Waals surface area contributed by atoms with E-state index in [2.05, 4.69) is 10.1 Å². The first-order chi connectivity index (χ1) is 23.6. The first kappa shape index (κ1) is 34.9. The minimum atomic E-state index is -0.778. The molecule has 1 unspecified atom stereocenters. The summed E-state index contributed by atoms with van der Waals surface area (Å²) in [5, 5.41) is 14.4. The molecule has 6 rings (SSSR count). The molecule has 0 saturated carbocycles. The van der Waals surface area contributed by atoms with Crippen LogP contribution in [0.4, 0.5) is 0 Å². The largest absolute Gasteiger partial charge is 0.480 e. The van der Waals surface area contributed by atoms with Crippen LogP contribution in [0.3, 0.4) is 0 Å². The second-order valence-corrected chi connectivity index (χ2v) is 14.5. The number of nitrogens with one attached hydrogen (secondary N) is 1. The Bertz CT molecular complexity index is 1670. The van der Waals surface area contributed by atoms with E-state index < -0.39 is 11.9 Å². The van der Waals surface area contributed by atoms with E-state index in [4.69, 9.17) is 16.7 Å². The average Bonchev–Trinajstić information content (AvgIpc) is 3.51. The van der Waals surface area contributed by atoms with Gasteiger partial charge in [0.05, 0.1) is 18.5 Å². The summed E-state index contributed by atoms with van der Waals surface area (Å²) in [4.78, 5) is 60.4. The molecule has 3 fully saturated rings. The number of nitrogens with zero attached hydrogens (tertiary/aromatic N) is 5. The van der Waals surface area contributed by atoms with Gasteiger partial charge in [0.15, 0.2) is 5.82 Å². The molecule has 3 aliphatic rings. The topological polar surface area (TPSA) is 132 Å². The zero-order valence-electron chi connectivity index (χ0n) is 28.2. The highest BCUT2D eigenvalue weighted by Crippen LogP contribution is 2.34. The number of amides is 2. The van der Waals surface area contributed by atoms with E-state index in [0.717, 1.165) is 55.5 Å². The molecule has 2 amide bonds. The lowest BCUT2D eigenvalue weighted by Gasteiger charge is -2.40. The number of aliphatic carboxylic acids is 1. The van der Waals surface area contributed by atoms with Crippen LogP contribution in [0, 0.1) is 24.7 Å². The molecule has 2 aromatic carbocycles. The van der Waals surface area contributed by atoms with Gasteiger partial charge in [-0.05, 0) is 94.0 Å². The minimum Gasteiger partial charge on any atom is -0.480 e. The van der Waals surface area contributed by atoms with Crippen LogP contribution in [-0.4, -0.2) is 98.2 Å². The van der Waals surface area contributed by atoms with Crippen LogP contribution in [0.25, 0.3) is 11.4 Å². The van der Waals surface area contributed by atoms with Gasteiger partial charge in [0.1, 0.15) is 0 Å². The second-order valence-electron chi connectivity index (χ2n) is 14.1. The minimum absolute atomic E-state index is 0.0297. The van der Waals surface area contributed by atoms with Crippen LogP contribution in [0.15, 0.2) is 53.3 Å². The van der Waals surface area contributed by atoms with Crippen LogP contribution in [0.5, 0.6) is 0 Å². The van der Waals surface area contributed by atoms with Crippen molar-refractivity contribution in [1.82, 2.24) is 29.5 Å². The molecule has 12 heteroatoms. The molecule has 262 valence electrons. The van der Waals surface area contributed by atoms with E-state index in [0.29, 0.717) is 68.1 Å². The quantitative estimate of drug-likeness (QED) is 0.317. The summed E-state index contributed by atoms with van der Waals surface area (Å²) in [5.41, 5.74) is 2.53. The number of halogens is 1. The molecule has 11 nitrogen and oxygen atoms in total. The van der Waals surface area contributed by atoms with E-state index in [1.54, 1.807) is 0 Å². The Morgan fingerprint density at radius 1 is 0.898 bits per heavy atom. The summed E-state index contributed by atoms with van der Waals surface area (Å²) in [6, 6.07) is 15.2. The van der Waals surface area contributed by atoms with Crippen molar-refractivity contribution >= 4 is 29.4 Å². The highest BCUT2D eigenvalue weighted by atomic mass is 35.5. The molecular formula is C37H47ClN6O5. The number of carbonyl (C=O) groups excluding carboxylic acids is 2. The number of hydrogen-bond donors (Lipinski definition) is 2. The number of rotatable bonds is 10. The molecule has 3 saturated heterocycles. The van der Waals surface area contributed by atoms with Gasteiger partial charge in [-0.1, -0.05) is 54.1 Å². The van der Waals surface area contributed by atoms with Gasteiger partial charge in [-0.2, -0.15) is 0 Å². The van der Waals surface area contributed by atoms with Crippen LogP contribution in [0.1, 0.15) is 62.1 Å². The van der Waals surface area contributed by atoms with Gasteiger partial charge >= 0.3 is 11.7 Å². The van der Waals surface area contributed by atoms with Gasteiger partial charge in [0, 0.05) is 43.2 Å². The molecule has 0 bridgehead atoms. The maximum absolute atomic E-state index is 14.1. The number of carboxylic acid groups (broad SMARTS) is 1. The lowest BCUT2D eigenvalue weighted by molar-refractivity contribution is -0.143. The number of H-pyrrole nitrogens is 1. The molecule has 0 radical (unpaired) electrons. The van der Waals surface area contributed by atoms with E-state index in [1.165, 1.54) is 4.68 Å². The Hall–Kier alpha value is -3.96. The number of aryl methyl sites for hydroxylation is 1. The predicted molar refractivity (Wildman–Crippen MR) is 187 cm³/mol. The Morgan fingerprint density at radius 2 is 1.53 bits per heavy atom. The number of carboxylic acids is 1. The number of hydrogen-bond acceptors (Lipinski definition) is 6. The smallest absolute Gasteiger partial charge is 0.343 e. The summed E-state index contributed by atoms with van der Waals surface area (Å²) < 4.78 is 1.52. The number of benzene rings is 2. The van der Waals surface area contributed by atoms with Gasteiger partial charge in [0.25, 0.3) is 0 Å². The van der Waals surface area contributed by atoms with Crippen molar-refractivity contribution in [1.29, 1.82) is 0 Å². The molecule has 2 N–H and O–H groups in total. The van der Waals surface area contributed by atoms with Crippen LogP contribution in [0.2, 0.25) is 5.02 Å². The molecule has 49 heavy (non-hydrogen) atoms. The zero-order valence-corrected chi connectivity index (χ0v) is 29.0. The normalized spacial score (nSPS) is 19.2. The number of aromatic amines is 1. The Kier molecular flexibility index (Phi) is 11.2. The SMILES string of the molecule is Cc1cc(CC(CC(=O)N2CCC(n3nc(-c4ccccc4)[nH]c3=O)CC2)C(=O)N2CCC(C3CCN(CC(=O)O)CC3)CC2)ccc1Cl. The first-order valence-electron chi connectivity index (χ1n) is 17.6. The summed E-state index contributed by atoms with van der Waals surface area (Å²) in [5.74, 6) is 0.355. The summed E-state index contributed by atoms with van der Waals surface area (Å²) in [6.45, 7) is 6.03. The number of aromatic nitrogens is 3. The lowest BCUT2D eigenvalue weighted by Crippen LogP contribution is -2.47. The third-order valence-corrected chi connectivity index (χ3v) is 11.3. The monoisotopic (exact) mass is 690 g/mol. The van der Waals surface area contributed by atoms with Crippen molar-refractivity contribution in [3.8, 4) is 11.4 Å². The fraction of sp³-hybridized carbons (Fsp3) is 0.541. The number of likely N-dealkylation sites (tertiary alicyclic amines) is 3. The summed E-state index contributed by atoms with van der Waals surface area (Å²) >= 11 is 6.30. The Morgan fingerprint density at radius 3 is 2.16 bits per heavy atom. The molecule has 3 aliphatic heterocycles. The molecule has 4 heterocycles. The molecule has 1 aromatic heterocycles. The van der Waals surface area contributed by atoms with E-state index in [1.807, 2.05) is 70.2 Å². The predicted octanol–water partition coefficient (Wildman–Crippen LogP) is 4.65. The molecule has 1 atom stereocenters. The van der Waals surface area contributed by atoms with Gasteiger partial charge in [-0.3, -0.25) is 24.3 Å².